The number of halogens is 1. The summed E-state index contributed by atoms with van der Waals surface area (Å²) in [7, 11) is 1.65. The molecule has 0 saturated heterocycles. The Labute approximate surface area is 123 Å². The predicted octanol–water partition coefficient (Wildman–Crippen LogP) is 4.87. The maximum atomic E-state index is 6.36. The zero-order valence-corrected chi connectivity index (χ0v) is 12.1. The summed E-state index contributed by atoms with van der Waals surface area (Å²) in [5, 5.41) is 1.66. The van der Waals surface area contributed by atoms with Crippen molar-refractivity contribution in [2.45, 2.75) is 6.92 Å². The van der Waals surface area contributed by atoms with Gasteiger partial charge in [-0.15, -0.1) is 0 Å². The van der Waals surface area contributed by atoms with Gasteiger partial charge in [-0.2, -0.15) is 0 Å². The topological polar surface area (TPSA) is 22.1 Å². The monoisotopic (exact) mass is 283 g/mol. The molecule has 0 aliphatic heterocycles. The lowest BCUT2D eigenvalue weighted by atomic mass is 10.1. The van der Waals surface area contributed by atoms with Gasteiger partial charge in [-0.05, 0) is 25.1 Å². The van der Waals surface area contributed by atoms with Crippen molar-refractivity contribution >= 4 is 22.5 Å². The summed E-state index contributed by atoms with van der Waals surface area (Å²) in [4.78, 5) is 4.67. The lowest BCUT2D eigenvalue weighted by Gasteiger charge is -2.08. The first-order valence-electron chi connectivity index (χ1n) is 6.39. The van der Waals surface area contributed by atoms with Gasteiger partial charge in [0.05, 0.1) is 23.3 Å². The Morgan fingerprint density at radius 1 is 1.00 bits per heavy atom. The number of rotatable bonds is 2. The highest BCUT2D eigenvalue weighted by molar-refractivity contribution is 6.33. The van der Waals surface area contributed by atoms with Gasteiger partial charge in [0.1, 0.15) is 5.75 Å². The Balaban J connectivity index is 2.19. The van der Waals surface area contributed by atoms with Gasteiger partial charge in [0.15, 0.2) is 0 Å². The van der Waals surface area contributed by atoms with Crippen LogP contribution in [0.3, 0.4) is 0 Å². The van der Waals surface area contributed by atoms with Gasteiger partial charge < -0.3 is 4.74 Å². The van der Waals surface area contributed by atoms with E-state index in [1.165, 1.54) is 5.56 Å². The predicted molar refractivity (Wildman–Crippen MR) is 83.5 cm³/mol. The molecule has 1 heterocycles. The number of fused-ring (bicyclic) bond motifs is 1. The summed E-state index contributed by atoms with van der Waals surface area (Å²) < 4.78 is 5.24. The molecule has 0 atom stereocenters. The molecule has 0 radical (unpaired) electrons. The van der Waals surface area contributed by atoms with Crippen LogP contribution >= 0.6 is 11.6 Å². The highest BCUT2D eigenvalue weighted by Crippen LogP contribution is 2.30. The smallest absolute Gasteiger partial charge is 0.121 e. The van der Waals surface area contributed by atoms with Crippen LogP contribution < -0.4 is 4.74 Å². The fourth-order valence-electron chi connectivity index (χ4n) is 2.16. The van der Waals surface area contributed by atoms with E-state index in [1.54, 1.807) is 7.11 Å². The molecule has 3 heteroatoms. The highest BCUT2D eigenvalue weighted by atomic mass is 35.5. The van der Waals surface area contributed by atoms with Crippen LogP contribution in [0.1, 0.15) is 5.56 Å². The van der Waals surface area contributed by atoms with Crippen LogP contribution in [-0.4, -0.2) is 12.1 Å². The quantitative estimate of drug-likeness (QED) is 0.669. The molecule has 0 N–H and O–H groups in total. The number of ether oxygens (including phenoxy) is 1. The number of pyridine rings is 1. The fraction of sp³-hybridized carbons (Fsp3) is 0.118. The summed E-state index contributed by atoms with van der Waals surface area (Å²) >= 11 is 6.36. The molecule has 1 aromatic heterocycles. The van der Waals surface area contributed by atoms with Crippen LogP contribution in [0.25, 0.3) is 22.2 Å². The van der Waals surface area contributed by atoms with E-state index in [1.807, 2.05) is 36.4 Å². The minimum atomic E-state index is 0.659. The first-order valence-corrected chi connectivity index (χ1v) is 6.76. The zero-order valence-electron chi connectivity index (χ0n) is 11.4. The van der Waals surface area contributed by atoms with Crippen molar-refractivity contribution in [3.63, 3.8) is 0 Å². The lowest BCUT2D eigenvalue weighted by molar-refractivity contribution is 0.415. The van der Waals surface area contributed by atoms with Gasteiger partial charge in [0.2, 0.25) is 0 Å². The summed E-state index contributed by atoms with van der Waals surface area (Å²) in [5.41, 5.74) is 3.91. The summed E-state index contributed by atoms with van der Waals surface area (Å²) in [5.74, 6) is 0.794. The number of methoxy groups -OCH3 is 1. The number of benzene rings is 2. The Hall–Kier alpha value is -2.06. The maximum absolute atomic E-state index is 6.36. The Kier molecular flexibility index (Phi) is 3.33. The molecule has 20 heavy (non-hydrogen) atoms. The van der Waals surface area contributed by atoms with E-state index in [0.717, 1.165) is 27.9 Å². The maximum Gasteiger partial charge on any atom is 0.121 e. The van der Waals surface area contributed by atoms with Crippen LogP contribution in [-0.2, 0) is 0 Å². The van der Waals surface area contributed by atoms with Crippen LogP contribution in [0.2, 0.25) is 5.02 Å². The second-order valence-corrected chi connectivity index (χ2v) is 5.15. The molecule has 100 valence electrons. The van der Waals surface area contributed by atoms with Gasteiger partial charge >= 0.3 is 0 Å². The largest absolute Gasteiger partial charge is 0.497 e. The molecular formula is C17H14ClNO. The van der Waals surface area contributed by atoms with Crippen LogP contribution in [0.4, 0.5) is 0 Å². The van der Waals surface area contributed by atoms with Crippen LogP contribution in [0.5, 0.6) is 5.75 Å². The normalized spacial score (nSPS) is 10.8. The molecule has 0 spiro atoms. The third-order valence-corrected chi connectivity index (χ3v) is 3.59. The van der Waals surface area contributed by atoms with Crippen LogP contribution in [0.15, 0.2) is 48.5 Å². The number of aromatic nitrogens is 1. The molecule has 3 aromatic rings. The van der Waals surface area contributed by atoms with E-state index in [9.17, 15) is 0 Å². The standard InChI is InChI=1S/C17H14ClNO/c1-11-3-5-12(6-4-11)17-15(18)9-13-7-8-14(20-2)10-16(13)19-17/h3-10H,1-2H3. The molecule has 0 bridgehead atoms. The summed E-state index contributed by atoms with van der Waals surface area (Å²) in [6.07, 6.45) is 0. The average molecular weight is 284 g/mol. The fourth-order valence-corrected chi connectivity index (χ4v) is 2.43. The molecule has 0 aliphatic carbocycles. The van der Waals surface area contributed by atoms with E-state index in [0.29, 0.717) is 5.02 Å². The summed E-state index contributed by atoms with van der Waals surface area (Å²) in [6.45, 7) is 2.06. The first kappa shape index (κ1) is 12.9. The van der Waals surface area contributed by atoms with Crippen molar-refractivity contribution in [1.29, 1.82) is 0 Å². The minimum Gasteiger partial charge on any atom is -0.497 e. The van der Waals surface area contributed by atoms with Crippen molar-refractivity contribution in [1.82, 2.24) is 4.98 Å². The number of nitrogens with zero attached hydrogens (tertiary/aromatic N) is 1. The molecule has 3 rings (SSSR count). The van der Waals surface area contributed by atoms with E-state index >= 15 is 0 Å². The molecule has 0 amide bonds. The van der Waals surface area contributed by atoms with Crippen molar-refractivity contribution in [2.75, 3.05) is 7.11 Å². The summed E-state index contributed by atoms with van der Waals surface area (Å²) in [6, 6.07) is 15.9. The van der Waals surface area contributed by atoms with Gasteiger partial charge in [-0.25, -0.2) is 4.98 Å². The van der Waals surface area contributed by atoms with Gasteiger partial charge in [-0.1, -0.05) is 41.4 Å². The molecular weight excluding hydrogens is 270 g/mol. The molecule has 2 aromatic carbocycles. The van der Waals surface area contributed by atoms with Gasteiger partial charge in [-0.3, -0.25) is 0 Å². The van der Waals surface area contributed by atoms with Crippen molar-refractivity contribution in [3.05, 3.63) is 59.1 Å². The Morgan fingerprint density at radius 2 is 1.75 bits per heavy atom. The van der Waals surface area contributed by atoms with E-state index < -0.39 is 0 Å². The second kappa shape index (κ2) is 5.14. The number of aryl methyl sites for hydroxylation is 1. The lowest BCUT2D eigenvalue weighted by Crippen LogP contribution is -1.89. The third-order valence-electron chi connectivity index (χ3n) is 3.30. The number of hydrogen-bond donors (Lipinski definition) is 0. The molecule has 2 nitrogen and oxygen atoms in total. The SMILES string of the molecule is COc1ccc2cc(Cl)c(-c3ccc(C)cc3)nc2c1. The molecule has 0 fully saturated rings. The van der Waals surface area contributed by atoms with Crippen molar-refractivity contribution < 1.29 is 4.74 Å². The highest BCUT2D eigenvalue weighted by Gasteiger charge is 2.08. The van der Waals surface area contributed by atoms with Gasteiger partial charge in [0, 0.05) is 17.0 Å². The van der Waals surface area contributed by atoms with Crippen LogP contribution in [0, 0.1) is 6.92 Å². The van der Waals surface area contributed by atoms with Gasteiger partial charge in [0.25, 0.3) is 0 Å². The third kappa shape index (κ3) is 2.35. The van der Waals surface area contributed by atoms with Crippen molar-refractivity contribution in [2.24, 2.45) is 0 Å². The Bertz CT molecular complexity index is 766. The molecule has 0 saturated carbocycles. The molecule has 0 unspecified atom stereocenters. The van der Waals surface area contributed by atoms with E-state index in [2.05, 4.69) is 24.0 Å². The first-order chi connectivity index (χ1) is 9.67. The molecule has 0 aliphatic rings. The minimum absolute atomic E-state index is 0.659. The average Bonchev–Trinajstić information content (AvgIpc) is 2.47. The van der Waals surface area contributed by atoms with Crippen molar-refractivity contribution in [3.8, 4) is 17.0 Å². The van der Waals surface area contributed by atoms with E-state index in [4.69, 9.17) is 16.3 Å². The zero-order chi connectivity index (χ0) is 14.1. The second-order valence-electron chi connectivity index (χ2n) is 4.74. The number of hydrogen-bond acceptors (Lipinski definition) is 2. The van der Waals surface area contributed by atoms with E-state index in [-0.39, 0.29) is 0 Å². The Morgan fingerprint density at radius 3 is 2.45 bits per heavy atom.